The summed E-state index contributed by atoms with van der Waals surface area (Å²) in [5.74, 6) is 0. The zero-order valence-corrected chi connectivity index (χ0v) is 8.26. The van der Waals surface area contributed by atoms with E-state index in [1.807, 2.05) is 25.1 Å². The molecule has 0 aromatic heterocycles. The first kappa shape index (κ1) is 9.17. The number of nitrogens with zero attached hydrogens (tertiary/aromatic N) is 1. The number of carbonyl (C=O) groups excluding carboxylic acids is 1. The van der Waals surface area contributed by atoms with Crippen LogP contribution in [-0.4, -0.2) is 6.08 Å². The minimum atomic E-state index is 0.690. The predicted octanol–water partition coefficient (Wildman–Crippen LogP) is 2.98. The van der Waals surface area contributed by atoms with Gasteiger partial charge in [0.25, 0.3) is 0 Å². The zero-order valence-electron chi connectivity index (χ0n) is 6.67. The fraction of sp³-hybridized carbons (Fsp3) is 0.222. The van der Waals surface area contributed by atoms with Crippen LogP contribution in [0.25, 0.3) is 0 Å². The highest BCUT2D eigenvalue weighted by Gasteiger charge is 2.02. The first-order valence-corrected chi connectivity index (χ1v) is 4.44. The van der Waals surface area contributed by atoms with Gasteiger partial charge in [0, 0.05) is 4.47 Å². The van der Waals surface area contributed by atoms with Crippen LogP contribution in [0.3, 0.4) is 0 Å². The number of para-hydroxylation sites is 1. The molecule has 0 aliphatic rings. The lowest BCUT2D eigenvalue weighted by Crippen LogP contribution is -1.81. The first-order valence-electron chi connectivity index (χ1n) is 3.64. The Labute approximate surface area is 79.5 Å². The Balaban J connectivity index is 3.28. The number of aryl methyl sites for hydroxylation is 1. The fourth-order valence-electron chi connectivity index (χ4n) is 1.02. The van der Waals surface area contributed by atoms with Gasteiger partial charge in [0.15, 0.2) is 0 Å². The lowest BCUT2D eigenvalue weighted by atomic mass is 10.1. The molecule has 0 fully saturated rings. The number of halogens is 1. The molecular formula is C9H8BrNO. The SMILES string of the molecule is CCc1cccc(Br)c1N=C=O. The second-order valence-corrected chi connectivity index (χ2v) is 3.16. The van der Waals surface area contributed by atoms with Gasteiger partial charge in [-0.1, -0.05) is 19.1 Å². The third-order valence-corrected chi connectivity index (χ3v) is 2.25. The number of hydrogen-bond donors (Lipinski definition) is 0. The quantitative estimate of drug-likeness (QED) is 0.563. The van der Waals surface area contributed by atoms with Crippen LogP contribution in [0.5, 0.6) is 0 Å². The van der Waals surface area contributed by atoms with Gasteiger partial charge in [-0.15, -0.1) is 0 Å². The summed E-state index contributed by atoms with van der Waals surface area (Å²) in [7, 11) is 0. The molecule has 0 aliphatic carbocycles. The Hall–Kier alpha value is -0.920. The van der Waals surface area contributed by atoms with Crippen LogP contribution >= 0.6 is 15.9 Å². The molecule has 0 unspecified atom stereocenters. The van der Waals surface area contributed by atoms with E-state index in [0.29, 0.717) is 5.69 Å². The molecule has 0 aliphatic heterocycles. The molecule has 1 aromatic carbocycles. The van der Waals surface area contributed by atoms with Crippen molar-refractivity contribution in [1.29, 1.82) is 0 Å². The van der Waals surface area contributed by atoms with Crippen LogP contribution < -0.4 is 0 Å². The summed E-state index contributed by atoms with van der Waals surface area (Å²) in [4.78, 5) is 13.7. The average molecular weight is 226 g/mol. The van der Waals surface area contributed by atoms with Gasteiger partial charge in [0.1, 0.15) is 0 Å². The van der Waals surface area contributed by atoms with Crippen molar-refractivity contribution in [2.45, 2.75) is 13.3 Å². The van der Waals surface area contributed by atoms with Crippen LogP contribution in [0.4, 0.5) is 5.69 Å². The molecule has 0 radical (unpaired) electrons. The predicted molar refractivity (Wildman–Crippen MR) is 51.3 cm³/mol. The van der Waals surface area contributed by atoms with E-state index < -0.39 is 0 Å². The van der Waals surface area contributed by atoms with Gasteiger partial charge in [-0.05, 0) is 34.0 Å². The van der Waals surface area contributed by atoms with E-state index in [1.54, 1.807) is 6.08 Å². The van der Waals surface area contributed by atoms with Crippen LogP contribution in [0.15, 0.2) is 27.7 Å². The Morgan fingerprint density at radius 3 is 2.92 bits per heavy atom. The molecule has 0 bridgehead atoms. The highest BCUT2D eigenvalue weighted by Crippen LogP contribution is 2.28. The van der Waals surface area contributed by atoms with Crippen molar-refractivity contribution in [2.24, 2.45) is 4.99 Å². The van der Waals surface area contributed by atoms with Crippen LogP contribution in [0.2, 0.25) is 0 Å². The fourth-order valence-corrected chi connectivity index (χ4v) is 1.51. The third-order valence-electron chi connectivity index (χ3n) is 1.61. The van der Waals surface area contributed by atoms with E-state index in [-0.39, 0.29) is 0 Å². The largest absolute Gasteiger partial charge is 0.240 e. The second-order valence-electron chi connectivity index (χ2n) is 2.30. The molecule has 3 heteroatoms. The minimum absolute atomic E-state index is 0.690. The Kier molecular flexibility index (Phi) is 3.20. The number of rotatable bonds is 2. The zero-order chi connectivity index (χ0) is 8.97. The van der Waals surface area contributed by atoms with Crippen molar-refractivity contribution < 1.29 is 4.79 Å². The molecule has 0 saturated heterocycles. The van der Waals surface area contributed by atoms with E-state index in [0.717, 1.165) is 16.5 Å². The smallest absolute Gasteiger partial charge is 0.211 e. The molecular weight excluding hydrogens is 218 g/mol. The normalized spacial score (nSPS) is 9.17. The Morgan fingerprint density at radius 2 is 2.33 bits per heavy atom. The van der Waals surface area contributed by atoms with E-state index in [1.165, 1.54) is 0 Å². The van der Waals surface area contributed by atoms with Gasteiger partial charge in [-0.25, -0.2) is 4.79 Å². The first-order chi connectivity index (χ1) is 5.79. The summed E-state index contributed by atoms with van der Waals surface area (Å²) in [5.41, 5.74) is 1.74. The van der Waals surface area contributed by atoms with E-state index >= 15 is 0 Å². The van der Waals surface area contributed by atoms with Crippen molar-refractivity contribution in [1.82, 2.24) is 0 Å². The summed E-state index contributed by atoms with van der Waals surface area (Å²) in [5, 5.41) is 0. The monoisotopic (exact) mass is 225 g/mol. The molecule has 0 spiro atoms. The summed E-state index contributed by atoms with van der Waals surface area (Å²) < 4.78 is 0.838. The third kappa shape index (κ3) is 1.81. The van der Waals surface area contributed by atoms with Crippen LogP contribution in [0, 0.1) is 0 Å². The average Bonchev–Trinajstić information content (AvgIpc) is 2.09. The van der Waals surface area contributed by atoms with Gasteiger partial charge >= 0.3 is 0 Å². The van der Waals surface area contributed by atoms with Crippen molar-refractivity contribution in [3.63, 3.8) is 0 Å². The highest BCUT2D eigenvalue weighted by molar-refractivity contribution is 9.10. The van der Waals surface area contributed by atoms with Crippen LogP contribution in [-0.2, 0) is 11.2 Å². The van der Waals surface area contributed by atoms with Crippen molar-refractivity contribution in [3.8, 4) is 0 Å². The maximum atomic E-state index is 10.1. The van der Waals surface area contributed by atoms with Gasteiger partial charge in [0.2, 0.25) is 6.08 Å². The van der Waals surface area contributed by atoms with Crippen molar-refractivity contribution >= 4 is 27.7 Å². The van der Waals surface area contributed by atoms with Crippen molar-refractivity contribution in [2.75, 3.05) is 0 Å². The molecule has 12 heavy (non-hydrogen) atoms. The van der Waals surface area contributed by atoms with E-state index in [2.05, 4.69) is 20.9 Å². The number of isocyanates is 1. The second kappa shape index (κ2) is 4.19. The van der Waals surface area contributed by atoms with E-state index in [9.17, 15) is 4.79 Å². The number of aliphatic imine (C=N–C) groups is 1. The lowest BCUT2D eigenvalue weighted by Gasteiger charge is -2.01. The van der Waals surface area contributed by atoms with Gasteiger partial charge in [-0.2, -0.15) is 4.99 Å². The molecule has 0 heterocycles. The standard InChI is InChI=1S/C9H8BrNO/c1-2-7-4-3-5-8(10)9(7)11-6-12/h3-5H,2H2,1H3. The number of benzene rings is 1. The molecule has 1 aromatic rings. The minimum Gasteiger partial charge on any atom is -0.211 e. The molecule has 0 saturated carbocycles. The van der Waals surface area contributed by atoms with Gasteiger partial charge in [0.05, 0.1) is 5.69 Å². The van der Waals surface area contributed by atoms with E-state index in [4.69, 9.17) is 0 Å². The summed E-state index contributed by atoms with van der Waals surface area (Å²) in [6.07, 6.45) is 2.41. The Bertz CT molecular complexity index is 329. The topological polar surface area (TPSA) is 29.4 Å². The lowest BCUT2D eigenvalue weighted by molar-refractivity contribution is 0.565. The molecule has 62 valence electrons. The molecule has 0 N–H and O–H groups in total. The van der Waals surface area contributed by atoms with Gasteiger partial charge in [-0.3, -0.25) is 0 Å². The number of hydrogen-bond acceptors (Lipinski definition) is 2. The molecule has 0 atom stereocenters. The maximum Gasteiger partial charge on any atom is 0.240 e. The molecule has 2 nitrogen and oxygen atoms in total. The highest BCUT2D eigenvalue weighted by atomic mass is 79.9. The van der Waals surface area contributed by atoms with Crippen molar-refractivity contribution in [3.05, 3.63) is 28.2 Å². The molecule has 1 rings (SSSR count). The van der Waals surface area contributed by atoms with Gasteiger partial charge < -0.3 is 0 Å². The maximum absolute atomic E-state index is 10.1. The van der Waals surface area contributed by atoms with Crippen LogP contribution in [0.1, 0.15) is 12.5 Å². The summed E-state index contributed by atoms with van der Waals surface area (Å²) >= 11 is 3.32. The molecule has 0 amide bonds. The summed E-state index contributed by atoms with van der Waals surface area (Å²) in [6, 6.07) is 5.73. The summed E-state index contributed by atoms with van der Waals surface area (Å²) in [6.45, 7) is 2.02. The Morgan fingerprint density at radius 1 is 1.58 bits per heavy atom.